The number of hydrogen-bond donors (Lipinski definition) is 0. The molecular weight excluding hydrogens is 446 g/mol. The van der Waals surface area contributed by atoms with Gasteiger partial charge in [-0.1, -0.05) is 42.5 Å². The third-order valence-electron chi connectivity index (χ3n) is 6.52. The van der Waals surface area contributed by atoms with Crippen molar-refractivity contribution in [2.24, 2.45) is 0 Å². The van der Waals surface area contributed by atoms with Crippen LogP contribution >= 0.6 is 11.3 Å². The van der Waals surface area contributed by atoms with Crippen molar-refractivity contribution in [2.45, 2.75) is 32.5 Å². The fraction of sp³-hybridized carbons (Fsp3) is 0.269. The summed E-state index contributed by atoms with van der Waals surface area (Å²) in [5, 5.41) is 5.34. The largest absolute Gasteiger partial charge is 0.497 e. The van der Waals surface area contributed by atoms with Gasteiger partial charge in [-0.15, -0.1) is 11.3 Å². The minimum Gasteiger partial charge on any atom is -0.497 e. The monoisotopic (exact) mass is 471 g/mol. The van der Waals surface area contributed by atoms with E-state index in [0.717, 1.165) is 54.0 Å². The minimum atomic E-state index is -0.159. The van der Waals surface area contributed by atoms with Gasteiger partial charge in [0, 0.05) is 18.0 Å². The molecule has 1 aliphatic heterocycles. The van der Waals surface area contributed by atoms with Crippen molar-refractivity contribution in [1.82, 2.24) is 24.1 Å². The van der Waals surface area contributed by atoms with Gasteiger partial charge in [-0.05, 0) is 48.2 Å². The van der Waals surface area contributed by atoms with Crippen LogP contribution in [0.1, 0.15) is 28.0 Å². The molecule has 0 N–H and O–H groups in total. The van der Waals surface area contributed by atoms with Gasteiger partial charge in [0.25, 0.3) is 0 Å². The molecule has 2 aromatic carbocycles. The molecule has 0 radical (unpaired) electrons. The Bertz CT molecular complexity index is 1520. The zero-order chi connectivity index (χ0) is 23.1. The average molecular weight is 472 g/mol. The Hall–Kier alpha value is -3.49. The van der Waals surface area contributed by atoms with E-state index in [4.69, 9.17) is 4.74 Å². The van der Waals surface area contributed by atoms with Crippen LogP contribution < -0.4 is 10.4 Å². The van der Waals surface area contributed by atoms with Crippen LogP contribution in [0.2, 0.25) is 0 Å². The molecule has 0 bridgehead atoms. The maximum atomic E-state index is 13.4. The van der Waals surface area contributed by atoms with Crippen molar-refractivity contribution in [3.63, 3.8) is 0 Å². The van der Waals surface area contributed by atoms with E-state index in [2.05, 4.69) is 45.3 Å². The molecule has 1 aliphatic rings. The number of thiophene rings is 1. The second kappa shape index (κ2) is 8.70. The van der Waals surface area contributed by atoms with Gasteiger partial charge in [0.1, 0.15) is 16.9 Å². The van der Waals surface area contributed by atoms with E-state index in [1.807, 2.05) is 28.8 Å². The number of hydrogen-bond acceptors (Lipinski definition) is 6. The van der Waals surface area contributed by atoms with Crippen LogP contribution in [0.4, 0.5) is 0 Å². The van der Waals surface area contributed by atoms with Gasteiger partial charge in [0.05, 0.1) is 19.0 Å². The summed E-state index contributed by atoms with van der Waals surface area (Å²) in [7, 11) is 1.65. The highest BCUT2D eigenvalue weighted by Gasteiger charge is 2.25. The van der Waals surface area contributed by atoms with E-state index in [-0.39, 0.29) is 5.69 Å². The standard InChI is InChI=1S/C26H25N5O2S/c1-33-20-11-9-19(10-12-20)15-30-25-23(24-27-17-28-31(24)26(30)32)21-8-5-13-29(16-22(21)34-25)14-18-6-3-2-4-7-18/h2-4,6-7,9-12,17H,5,8,13-16H2,1H3. The molecule has 34 heavy (non-hydrogen) atoms. The first kappa shape index (κ1) is 21.1. The second-order valence-corrected chi connectivity index (χ2v) is 9.78. The quantitative estimate of drug-likeness (QED) is 0.386. The van der Waals surface area contributed by atoms with Crippen LogP contribution in [0, 0.1) is 0 Å². The molecule has 0 saturated heterocycles. The molecule has 8 heteroatoms. The van der Waals surface area contributed by atoms with Crippen LogP contribution in [-0.2, 0) is 26.1 Å². The number of methoxy groups -OCH3 is 1. The zero-order valence-corrected chi connectivity index (χ0v) is 19.8. The maximum absolute atomic E-state index is 13.4. The Balaban J connectivity index is 1.45. The summed E-state index contributed by atoms with van der Waals surface area (Å²) >= 11 is 1.73. The Morgan fingerprint density at radius 2 is 1.82 bits per heavy atom. The summed E-state index contributed by atoms with van der Waals surface area (Å²) in [6.45, 7) is 3.32. The van der Waals surface area contributed by atoms with Gasteiger partial charge in [0.15, 0.2) is 5.65 Å². The van der Waals surface area contributed by atoms with Gasteiger partial charge >= 0.3 is 5.69 Å². The molecule has 0 amide bonds. The molecular formula is C26H25N5O2S. The molecule has 0 saturated carbocycles. The molecule has 3 aromatic heterocycles. The lowest BCUT2D eigenvalue weighted by molar-refractivity contribution is 0.263. The molecule has 0 aliphatic carbocycles. The zero-order valence-electron chi connectivity index (χ0n) is 19.0. The normalized spacial score (nSPS) is 14.4. The van der Waals surface area contributed by atoms with Crippen LogP contribution in [-0.4, -0.2) is 37.7 Å². The van der Waals surface area contributed by atoms with Gasteiger partial charge in [-0.3, -0.25) is 9.47 Å². The highest BCUT2D eigenvalue weighted by molar-refractivity contribution is 7.19. The lowest BCUT2D eigenvalue weighted by Crippen LogP contribution is -2.28. The lowest BCUT2D eigenvalue weighted by Gasteiger charge is -2.19. The average Bonchev–Trinajstić information content (AvgIpc) is 3.43. The number of ether oxygens (including phenoxy) is 1. The van der Waals surface area contributed by atoms with E-state index in [9.17, 15) is 4.79 Å². The SMILES string of the molecule is COc1ccc(Cn2c(=O)n3ncnc3c3c4c(sc32)CN(Cc2ccccc2)CCC4)cc1. The Kier molecular flexibility index (Phi) is 5.39. The molecule has 5 aromatic rings. The lowest BCUT2D eigenvalue weighted by atomic mass is 10.1. The van der Waals surface area contributed by atoms with Crippen LogP contribution in [0.3, 0.4) is 0 Å². The molecule has 0 fully saturated rings. The van der Waals surface area contributed by atoms with E-state index in [0.29, 0.717) is 12.2 Å². The number of nitrogens with zero attached hydrogens (tertiary/aromatic N) is 5. The predicted octanol–water partition coefficient (Wildman–Crippen LogP) is 4.11. The third-order valence-corrected chi connectivity index (χ3v) is 7.76. The number of benzene rings is 2. The van der Waals surface area contributed by atoms with Crippen LogP contribution in [0.5, 0.6) is 5.75 Å². The Labute approximate surface area is 200 Å². The number of rotatable bonds is 5. The van der Waals surface area contributed by atoms with Crippen molar-refractivity contribution < 1.29 is 4.74 Å². The number of fused-ring (bicyclic) bond motifs is 5. The molecule has 0 spiro atoms. The van der Waals surface area contributed by atoms with Crippen molar-refractivity contribution in [2.75, 3.05) is 13.7 Å². The number of aryl methyl sites for hydroxylation is 1. The first-order valence-corrected chi connectivity index (χ1v) is 12.3. The summed E-state index contributed by atoms with van der Waals surface area (Å²) in [4.78, 5) is 22.7. The van der Waals surface area contributed by atoms with E-state index in [1.165, 1.54) is 26.8 Å². The summed E-state index contributed by atoms with van der Waals surface area (Å²) < 4.78 is 8.58. The van der Waals surface area contributed by atoms with Crippen molar-refractivity contribution in [1.29, 1.82) is 0 Å². The third kappa shape index (κ3) is 3.69. The van der Waals surface area contributed by atoms with Crippen molar-refractivity contribution in [3.8, 4) is 5.75 Å². The highest BCUT2D eigenvalue weighted by atomic mass is 32.1. The predicted molar refractivity (Wildman–Crippen MR) is 134 cm³/mol. The Morgan fingerprint density at radius 3 is 2.62 bits per heavy atom. The van der Waals surface area contributed by atoms with Gasteiger partial charge in [-0.2, -0.15) is 9.61 Å². The molecule has 7 nitrogen and oxygen atoms in total. The summed E-state index contributed by atoms with van der Waals surface area (Å²) in [6, 6.07) is 18.5. The van der Waals surface area contributed by atoms with E-state index < -0.39 is 0 Å². The van der Waals surface area contributed by atoms with E-state index in [1.54, 1.807) is 18.4 Å². The van der Waals surface area contributed by atoms with Crippen molar-refractivity contribution in [3.05, 3.63) is 93.0 Å². The Morgan fingerprint density at radius 1 is 1.03 bits per heavy atom. The van der Waals surface area contributed by atoms with Gasteiger partial charge < -0.3 is 4.74 Å². The summed E-state index contributed by atoms with van der Waals surface area (Å²) in [5.74, 6) is 0.800. The summed E-state index contributed by atoms with van der Waals surface area (Å²) in [6.07, 6.45) is 3.53. The van der Waals surface area contributed by atoms with Crippen molar-refractivity contribution >= 4 is 27.2 Å². The maximum Gasteiger partial charge on any atom is 0.352 e. The first-order valence-electron chi connectivity index (χ1n) is 11.5. The molecule has 6 rings (SSSR count). The molecule has 172 valence electrons. The second-order valence-electron chi connectivity index (χ2n) is 8.70. The van der Waals surface area contributed by atoms with Gasteiger partial charge in [-0.25, -0.2) is 9.78 Å². The molecule has 0 atom stereocenters. The van der Waals surface area contributed by atoms with E-state index >= 15 is 0 Å². The first-order chi connectivity index (χ1) is 16.7. The van der Waals surface area contributed by atoms with Crippen LogP contribution in [0.25, 0.3) is 15.9 Å². The summed E-state index contributed by atoms with van der Waals surface area (Å²) in [5.41, 5.74) is 4.19. The van der Waals surface area contributed by atoms with Gasteiger partial charge in [0.2, 0.25) is 0 Å². The minimum absolute atomic E-state index is 0.159. The van der Waals surface area contributed by atoms with Crippen LogP contribution in [0.15, 0.2) is 65.7 Å². The number of aromatic nitrogens is 4. The smallest absolute Gasteiger partial charge is 0.352 e. The fourth-order valence-electron chi connectivity index (χ4n) is 4.85. The molecule has 0 unspecified atom stereocenters. The fourth-order valence-corrected chi connectivity index (χ4v) is 6.23. The topological polar surface area (TPSA) is 64.7 Å². The molecule has 4 heterocycles. The highest BCUT2D eigenvalue weighted by Crippen LogP contribution is 2.36.